The molecule has 3 aliphatic rings. The SMILES string of the molecule is CC[C@@H]1Cc2ncc(C(=O)NO)cc2CN1CC1C[C@H]2CC[C@@H](C1)N2C. The Labute approximate surface area is 155 Å². The van der Waals surface area contributed by atoms with Crippen molar-refractivity contribution in [3.63, 3.8) is 0 Å². The van der Waals surface area contributed by atoms with E-state index in [4.69, 9.17) is 5.21 Å². The van der Waals surface area contributed by atoms with Gasteiger partial charge in [-0.3, -0.25) is 19.9 Å². The van der Waals surface area contributed by atoms with Crippen LogP contribution in [0.5, 0.6) is 0 Å². The van der Waals surface area contributed by atoms with Crippen molar-refractivity contribution in [3.05, 3.63) is 29.1 Å². The van der Waals surface area contributed by atoms with Crippen LogP contribution in [0.15, 0.2) is 12.3 Å². The summed E-state index contributed by atoms with van der Waals surface area (Å²) in [7, 11) is 2.30. The molecule has 4 rings (SSSR count). The van der Waals surface area contributed by atoms with Crippen molar-refractivity contribution in [1.82, 2.24) is 20.3 Å². The van der Waals surface area contributed by atoms with Gasteiger partial charge >= 0.3 is 0 Å². The van der Waals surface area contributed by atoms with Gasteiger partial charge in [0.05, 0.1) is 5.56 Å². The molecule has 142 valence electrons. The summed E-state index contributed by atoms with van der Waals surface area (Å²) in [4.78, 5) is 21.4. The minimum Gasteiger partial charge on any atom is -0.300 e. The minimum atomic E-state index is -0.489. The Morgan fingerprint density at radius 3 is 2.73 bits per heavy atom. The normalized spacial score (nSPS) is 31.7. The molecule has 0 aliphatic carbocycles. The first-order valence-electron chi connectivity index (χ1n) is 9.97. The van der Waals surface area contributed by atoms with Gasteiger partial charge in [-0.25, -0.2) is 5.48 Å². The molecule has 26 heavy (non-hydrogen) atoms. The summed E-state index contributed by atoms with van der Waals surface area (Å²) < 4.78 is 0. The lowest BCUT2D eigenvalue weighted by molar-refractivity contribution is 0.0702. The number of amides is 1. The highest BCUT2D eigenvalue weighted by atomic mass is 16.5. The van der Waals surface area contributed by atoms with Crippen LogP contribution in [0.4, 0.5) is 0 Å². The molecule has 6 nitrogen and oxygen atoms in total. The highest BCUT2D eigenvalue weighted by molar-refractivity contribution is 5.93. The first kappa shape index (κ1) is 17.9. The van der Waals surface area contributed by atoms with E-state index < -0.39 is 5.91 Å². The maximum Gasteiger partial charge on any atom is 0.276 e. The summed E-state index contributed by atoms with van der Waals surface area (Å²) in [5.74, 6) is 0.285. The highest BCUT2D eigenvalue weighted by Gasteiger charge is 2.39. The number of hydrogen-bond donors (Lipinski definition) is 2. The van der Waals surface area contributed by atoms with Crippen LogP contribution in [0.25, 0.3) is 0 Å². The van der Waals surface area contributed by atoms with Crippen LogP contribution >= 0.6 is 0 Å². The number of rotatable bonds is 4. The minimum absolute atomic E-state index is 0.429. The van der Waals surface area contributed by atoms with Crippen molar-refractivity contribution in [3.8, 4) is 0 Å². The zero-order chi connectivity index (χ0) is 18.3. The van der Waals surface area contributed by atoms with Crippen LogP contribution < -0.4 is 5.48 Å². The number of carbonyl (C=O) groups excluding carboxylic acids is 1. The smallest absolute Gasteiger partial charge is 0.276 e. The second kappa shape index (κ2) is 7.25. The summed E-state index contributed by atoms with van der Waals surface area (Å²) in [6, 6.07) is 3.98. The number of pyridine rings is 1. The third kappa shape index (κ3) is 3.26. The second-order valence-electron chi connectivity index (χ2n) is 8.35. The average molecular weight is 358 g/mol. The van der Waals surface area contributed by atoms with Crippen LogP contribution in [-0.4, -0.2) is 57.6 Å². The third-order valence-electron chi connectivity index (χ3n) is 6.90. The quantitative estimate of drug-likeness (QED) is 0.638. The number of aromatic nitrogens is 1. The van der Waals surface area contributed by atoms with Crippen molar-refractivity contribution in [2.24, 2.45) is 5.92 Å². The standard InChI is InChI=1S/C20H30N4O2/c1-3-16-9-19-15(8-14(10-21-19)20(25)22-26)12-24(16)11-13-6-17-4-5-18(7-13)23(17)2/h8,10,13,16-18,26H,3-7,9,11-12H2,1-2H3,(H,22,25)/t13?,16-,17-,18+/m1/s1. The molecule has 6 heteroatoms. The van der Waals surface area contributed by atoms with Gasteiger partial charge in [-0.05, 0) is 56.7 Å². The van der Waals surface area contributed by atoms with Gasteiger partial charge in [-0.15, -0.1) is 0 Å². The molecule has 1 unspecified atom stereocenters. The number of carbonyl (C=O) groups is 1. The van der Waals surface area contributed by atoms with E-state index in [-0.39, 0.29) is 0 Å². The van der Waals surface area contributed by atoms with E-state index in [0.717, 1.165) is 55.2 Å². The number of hydrogen-bond acceptors (Lipinski definition) is 5. The second-order valence-corrected chi connectivity index (χ2v) is 8.35. The van der Waals surface area contributed by atoms with Crippen LogP contribution in [0.3, 0.4) is 0 Å². The van der Waals surface area contributed by atoms with Gasteiger partial charge in [0.1, 0.15) is 0 Å². The van der Waals surface area contributed by atoms with E-state index in [1.807, 2.05) is 6.07 Å². The molecule has 2 fully saturated rings. The van der Waals surface area contributed by atoms with Gasteiger partial charge in [0.25, 0.3) is 5.91 Å². The molecule has 3 aliphatic heterocycles. The zero-order valence-corrected chi connectivity index (χ0v) is 15.8. The number of nitrogens with one attached hydrogen (secondary N) is 1. The zero-order valence-electron chi connectivity index (χ0n) is 15.8. The van der Waals surface area contributed by atoms with Crippen LogP contribution in [0.2, 0.25) is 0 Å². The van der Waals surface area contributed by atoms with Gasteiger partial charge in [0.15, 0.2) is 0 Å². The Balaban J connectivity index is 1.49. The van der Waals surface area contributed by atoms with Gasteiger partial charge in [-0.1, -0.05) is 6.92 Å². The topological polar surface area (TPSA) is 68.7 Å². The van der Waals surface area contributed by atoms with Crippen LogP contribution in [0, 0.1) is 5.92 Å². The summed E-state index contributed by atoms with van der Waals surface area (Å²) in [5.41, 5.74) is 4.37. The molecule has 0 saturated carbocycles. The Morgan fingerprint density at radius 1 is 1.35 bits per heavy atom. The molecule has 0 aromatic carbocycles. The van der Waals surface area contributed by atoms with E-state index in [2.05, 4.69) is 28.8 Å². The Hall–Kier alpha value is -1.50. The van der Waals surface area contributed by atoms with Crippen molar-refractivity contribution < 1.29 is 10.0 Å². The Kier molecular flexibility index (Phi) is 4.99. The van der Waals surface area contributed by atoms with Gasteiger partial charge < -0.3 is 4.90 Å². The maximum absolute atomic E-state index is 11.7. The predicted molar refractivity (Wildman–Crippen MR) is 99.0 cm³/mol. The molecule has 0 radical (unpaired) electrons. The lowest BCUT2D eigenvalue weighted by Gasteiger charge is -2.42. The molecular weight excluding hydrogens is 328 g/mol. The van der Waals surface area contributed by atoms with E-state index in [1.165, 1.54) is 25.7 Å². The highest BCUT2D eigenvalue weighted by Crippen LogP contribution is 2.38. The molecule has 4 atom stereocenters. The van der Waals surface area contributed by atoms with Gasteiger partial charge in [0.2, 0.25) is 0 Å². The summed E-state index contributed by atoms with van der Waals surface area (Å²) in [6.07, 6.45) is 9.01. The lowest BCUT2D eigenvalue weighted by atomic mass is 9.88. The number of fused-ring (bicyclic) bond motifs is 3. The molecule has 2 saturated heterocycles. The number of hydroxylamine groups is 1. The molecule has 1 aromatic heterocycles. The first-order valence-corrected chi connectivity index (χ1v) is 9.97. The molecule has 4 heterocycles. The van der Waals surface area contributed by atoms with E-state index in [1.54, 1.807) is 11.7 Å². The summed E-state index contributed by atoms with van der Waals surface area (Å²) in [6.45, 7) is 4.26. The average Bonchev–Trinajstić information content (AvgIpc) is 2.87. The molecule has 2 N–H and O–H groups in total. The third-order valence-corrected chi connectivity index (χ3v) is 6.90. The summed E-state index contributed by atoms with van der Waals surface area (Å²) >= 11 is 0. The van der Waals surface area contributed by atoms with Crippen molar-refractivity contribution in [2.45, 2.75) is 70.1 Å². The monoisotopic (exact) mass is 358 g/mol. The Morgan fingerprint density at radius 2 is 2.08 bits per heavy atom. The van der Waals surface area contributed by atoms with Gasteiger partial charge in [0, 0.05) is 49.5 Å². The molecule has 1 amide bonds. The maximum atomic E-state index is 11.7. The largest absolute Gasteiger partial charge is 0.300 e. The molecule has 1 aromatic rings. The van der Waals surface area contributed by atoms with Crippen molar-refractivity contribution in [2.75, 3.05) is 13.6 Å². The van der Waals surface area contributed by atoms with E-state index in [0.29, 0.717) is 11.6 Å². The Bertz CT molecular complexity index is 666. The van der Waals surface area contributed by atoms with Crippen molar-refractivity contribution >= 4 is 5.91 Å². The molecule has 0 spiro atoms. The predicted octanol–water partition coefficient (Wildman–Crippen LogP) is 2.21. The fraction of sp³-hybridized carbons (Fsp3) is 0.700. The van der Waals surface area contributed by atoms with Crippen LogP contribution in [-0.2, 0) is 13.0 Å². The number of nitrogens with zero attached hydrogens (tertiary/aromatic N) is 3. The molecular formula is C20H30N4O2. The fourth-order valence-corrected chi connectivity index (χ4v) is 5.37. The van der Waals surface area contributed by atoms with Crippen molar-refractivity contribution in [1.29, 1.82) is 0 Å². The summed E-state index contributed by atoms with van der Waals surface area (Å²) in [5, 5.41) is 8.88. The first-order chi connectivity index (χ1) is 12.6. The van der Waals surface area contributed by atoms with E-state index in [9.17, 15) is 4.79 Å². The van der Waals surface area contributed by atoms with Crippen LogP contribution in [0.1, 0.15) is 60.6 Å². The lowest BCUT2D eigenvalue weighted by Crippen LogP contribution is -2.47. The fourth-order valence-electron chi connectivity index (χ4n) is 5.37. The van der Waals surface area contributed by atoms with Gasteiger partial charge in [-0.2, -0.15) is 0 Å². The number of piperidine rings is 1. The molecule has 2 bridgehead atoms. The van der Waals surface area contributed by atoms with E-state index >= 15 is 0 Å².